The molecule has 0 heterocycles. The molecule has 1 N–H and O–H groups in total. The molecule has 0 atom stereocenters. The van der Waals surface area contributed by atoms with Gasteiger partial charge in [-0.05, 0) is 45.9 Å². The van der Waals surface area contributed by atoms with Crippen LogP contribution >= 0.6 is 11.6 Å². The largest absolute Gasteiger partial charge is 0.315 e. The van der Waals surface area contributed by atoms with Crippen molar-refractivity contribution in [2.75, 3.05) is 7.05 Å². The summed E-state index contributed by atoms with van der Waals surface area (Å²) in [5.41, 5.74) is 0.619. The zero-order valence-corrected chi connectivity index (χ0v) is 10.2. The van der Waals surface area contributed by atoms with Crippen LogP contribution in [0, 0.1) is 5.82 Å². The summed E-state index contributed by atoms with van der Waals surface area (Å²) in [6, 6.07) is 4.81. The third-order valence-electron chi connectivity index (χ3n) is 2.74. The molecule has 1 aromatic rings. The van der Waals surface area contributed by atoms with Crippen molar-refractivity contribution in [2.24, 2.45) is 0 Å². The van der Waals surface area contributed by atoms with Crippen LogP contribution in [0.5, 0.6) is 0 Å². The Kier molecular flexibility index (Phi) is 4.12. The van der Waals surface area contributed by atoms with E-state index in [1.165, 1.54) is 6.07 Å². The van der Waals surface area contributed by atoms with Gasteiger partial charge in [0.1, 0.15) is 5.82 Å². The Hall–Kier alpha value is -0.600. The Bertz CT molecular complexity index is 316. The van der Waals surface area contributed by atoms with E-state index < -0.39 is 0 Å². The summed E-state index contributed by atoms with van der Waals surface area (Å²) >= 11 is 5.94. The van der Waals surface area contributed by atoms with Gasteiger partial charge < -0.3 is 5.32 Å². The lowest BCUT2D eigenvalue weighted by molar-refractivity contribution is 0.391. The predicted octanol–water partition coefficient (Wildman–Crippen LogP) is 3.41. The zero-order chi connectivity index (χ0) is 11.5. The van der Waals surface area contributed by atoms with Crippen LogP contribution in [-0.2, 0) is 6.42 Å². The molecule has 0 aliphatic rings. The van der Waals surface area contributed by atoms with E-state index in [0.717, 1.165) is 6.42 Å². The van der Waals surface area contributed by atoms with Gasteiger partial charge in [-0.15, -0.1) is 0 Å². The lowest BCUT2D eigenvalue weighted by Gasteiger charge is -2.24. The molecule has 0 saturated carbocycles. The van der Waals surface area contributed by atoms with E-state index in [9.17, 15) is 4.39 Å². The molecule has 0 aromatic heterocycles. The van der Waals surface area contributed by atoms with Crippen LogP contribution in [0.25, 0.3) is 0 Å². The maximum absolute atomic E-state index is 13.4. The second-order valence-electron chi connectivity index (χ2n) is 4.33. The summed E-state index contributed by atoms with van der Waals surface area (Å²) in [5.74, 6) is -0.214. The van der Waals surface area contributed by atoms with Crippen LogP contribution in [0.15, 0.2) is 18.2 Å². The summed E-state index contributed by atoms with van der Waals surface area (Å²) in [5, 5.41) is 3.70. The first kappa shape index (κ1) is 12.5. The first-order valence-electron chi connectivity index (χ1n) is 5.08. The highest BCUT2D eigenvalue weighted by Crippen LogP contribution is 2.22. The van der Waals surface area contributed by atoms with Crippen molar-refractivity contribution in [3.05, 3.63) is 34.6 Å². The molecule has 0 aliphatic carbocycles. The van der Waals surface area contributed by atoms with E-state index >= 15 is 0 Å². The molecule has 0 fully saturated rings. The summed E-state index contributed by atoms with van der Waals surface area (Å²) < 4.78 is 13.4. The van der Waals surface area contributed by atoms with Gasteiger partial charge in [-0.3, -0.25) is 0 Å². The van der Waals surface area contributed by atoms with Crippen LogP contribution in [0.4, 0.5) is 4.39 Å². The van der Waals surface area contributed by atoms with Crippen LogP contribution in [0.1, 0.15) is 25.8 Å². The molecule has 1 aromatic carbocycles. The van der Waals surface area contributed by atoms with Gasteiger partial charge in [-0.2, -0.15) is 0 Å². The third kappa shape index (κ3) is 3.47. The molecule has 15 heavy (non-hydrogen) atoms. The quantitative estimate of drug-likeness (QED) is 0.835. The normalized spacial score (nSPS) is 11.8. The maximum atomic E-state index is 13.4. The van der Waals surface area contributed by atoms with Crippen molar-refractivity contribution < 1.29 is 4.39 Å². The van der Waals surface area contributed by atoms with Gasteiger partial charge in [0, 0.05) is 16.1 Å². The van der Waals surface area contributed by atoms with Crippen molar-refractivity contribution in [1.29, 1.82) is 0 Å². The van der Waals surface area contributed by atoms with E-state index in [1.54, 1.807) is 12.1 Å². The molecule has 84 valence electrons. The fraction of sp³-hybridized carbons (Fsp3) is 0.500. The van der Waals surface area contributed by atoms with Crippen molar-refractivity contribution in [3.8, 4) is 0 Å². The van der Waals surface area contributed by atoms with Crippen LogP contribution < -0.4 is 5.32 Å². The topological polar surface area (TPSA) is 12.0 Å². The Morgan fingerprint density at radius 1 is 1.40 bits per heavy atom. The molecule has 0 amide bonds. The van der Waals surface area contributed by atoms with Gasteiger partial charge in [0.2, 0.25) is 0 Å². The molecule has 0 saturated heterocycles. The molecule has 0 spiro atoms. The van der Waals surface area contributed by atoms with Crippen LogP contribution in [-0.4, -0.2) is 12.6 Å². The van der Waals surface area contributed by atoms with E-state index in [4.69, 9.17) is 11.6 Å². The Labute approximate surface area is 95.6 Å². The lowest BCUT2D eigenvalue weighted by Crippen LogP contribution is -2.36. The number of hydrogen-bond acceptors (Lipinski definition) is 1. The molecule has 0 unspecified atom stereocenters. The standard InChI is InChI=1S/C12H17ClFN/c1-12(2,15-3)8-7-9-10(13)5-4-6-11(9)14/h4-6,15H,7-8H2,1-3H3. The van der Waals surface area contributed by atoms with Crippen molar-refractivity contribution >= 4 is 11.6 Å². The number of nitrogens with one attached hydrogen (secondary N) is 1. The van der Waals surface area contributed by atoms with Gasteiger partial charge >= 0.3 is 0 Å². The molecule has 3 heteroatoms. The monoisotopic (exact) mass is 229 g/mol. The highest BCUT2D eigenvalue weighted by atomic mass is 35.5. The molecule has 1 rings (SSSR count). The Morgan fingerprint density at radius 2 is 2.07 bits per heavy atom. The third-order valence-corrected chi connectivity index (χ3v) is 3.09. The van der Waals surface area contributed by atoms with Gasteiger partial charge in [-0.1, -0.05) is 17.7 Å². The van der Waals surface area contributed by atoms with Crippen molar-refractivity contribution in [3.63, 3.8) is 0 Å². The molecule has 0 radical (unpaired) electrons. The molecule has 1 nitrogen and oxygen atoms in total. The Morgan fingerprint density at radius 3 is 2.60 bits per heavy atom. The number of halogens is 2. The van der Waals surface area contributed by atoms with Gasteiger partial charge in [0.05, 0.1) is 0 Å². The average Bonchev–Trinajstić information content (AvgIpc) is 2.17. The fourth-order valence-electron chi connectivity index (χ4n) is 1.33. The minimum absolute atomic E-state index is 0.00557. The highest BCUT2D eigenvalue weighted by molar-refractivity contribution is 6.31. The van der Waals surface area contributed by atoms with Crippen LogP contribution in [0.3, 0.4) is 0 Å². The average molecular weight is 230 g/mol. The Balaban J connectivity index is 2.73. The fourth-order valence-corrected chi connectivity index (χ4v) is 1.59. The summed E-state index contributed by atoms with van der Waals surface area (Å²) in [6.07, 6.45) is 1.50. The van der Waals surface area contributed by atoms with Crippen molar-refractivity contribution in [2.45, 2.75) is 32.2 Å². The zero-order valence-electron chi connectivity index (χ0n) is 9.40. The van der Waals surface area contributed by atoms with Gasteiger partial charge in [0.15, 0.2) is 0 Å². The number of benzene rings is 1. The van der Waals surface area contributed by atoms with Crippen molar-refractivity contribution in [1.82, 2.24) is 5.32 Å². The first-order chi connectivity index (χ1) is 6.96. The van der Waals surface area contributed by atoms with E-state index in [1.807, 2.05) is 7.05 Å². The summed E-state index contributed by atoms with van der Waals surface area (Å²) in [4.78, 5) is 0. The molecular formula is C12H17ClFN. The maximum Gasteiger partial charge on any atom is 0.127 e. The molecule has 0 aliphatic heterocycles. The van der Waals surface area contributed by atoms with E-state index in [2.05, 4.69) is 19.2 Å². The van der Waals surface area contributed by atoms with E-state index in [-0.39, 0.29) is 11.4 Å². The lowest BCUT2D eigenvalue weighted by atomic mass is 9.95. The second-order valence-corrected chi connectivity index (χ2v) is 4.74. The van der Waals surface area contributed by atoms with E-state index in [0.29, 0.717) is 17.0 Å². The second kappa shape index (κ2) is 4.95. The minimum Gasteiger partial charge on any atom is -0.315 e. The van der Waals surface area contributed by atoms with Crippen LogP contribution in [0.2, 0.25) is 5.02 Å². The predicted molar refractivity (Wildman–Crippen MR) is 62.9 cm³/mol. The highest BCUT2D eigenvalue weighted by Gasteiger charge is 2.16. The summed E-state index contributed by atoms with van der Waals surface area (Å²) in [6.45, 7) is 4.17. The molecule has 0 bridgehead atoms. The number of hydrogen-bond donors (Lipinski definition) is 1. The number of rotatable bonds is 4. The van der Waals surface area contributed by atoms with Gasteiger partial charge in [-0.25, -0.2) is 4.39 Å². The summed E-state index contributed by atoms with van der Waals surface area (Å²) in [7, 11) is 1.91. The first-order valence-corrected chi connectivity index (χ1v) is 5.46. The molecular weight excluding hydrogens is 213 g/mol. The minimum atomic E-state index is -0.214. The SMILES string of the molecule is CNC(C)(C)CCc1c(F)cccc1Cl. The smallest absolute Gasteiger partial charge is 0.127 e. The van der Waals surface area contributed by atoms with Gasteiger partial charge in [0.25, 0.3) is 0 Å².